The Labute approximate surface area is 153 Å². The molecule has 140 valence electrons. The van der Waals surface area contributed by atoms with Crippen molar-refractivity contribution in [3.63, 3.8) is 0 Å². The van der Waals surface area contributed by atoms with Gasteiger partial charge in [0.05, 0.1) is 5.60 Å². The third kappa shape index (κ3) is 16.8. The number of amides is 1. The minimum Gasteiger partial charge on any atom is -0.388 e. The standard InChI is InChI=1S/C22H35NO2/c1-4-6-8-9-10-11-12-13-14-15-16-18-21(24)23-20-22(3,25)19-17-7-5-2/h4,6,8-9,12-16,18,25H,5,7,10-11,17,19-20H2,1-3H3,(H,23,24). The van der Waals surface area contributed by atoms with Crippen molar-refractivity contribution in [2.24, 2.45) is 0 Å². The van der Waals surface area contributed by atoms with Gasteiger partial charge in [0.1, 0.15) is 0 Å². The largest absolute Gasteiger partial charge is 0.388 e. The van der Waals surface area contributed by atoms with Crippen LogP contribution in [-0.2, 0) is 4.79 Å². The predicted octanol–water partition coefficient (Wildman–Crippen LogP) is 5.02. The van der Waals surface area contributed by atoms with Gasteiger partial charge < -0.3 is 10.4 Å². The number of aliphatic hydroxyl groups is 1. The summed E-state index contributed by atoms with van der Waals surface area (Å²) >= 11 is 0. The van der Waals surface area contributed by atoms with Gasteiger partial charge in [-0.25, -0.2) is 0 Å². The van der Waals surface area contributed by atoms with Crippen molar-refractivity contribution in [3.05, 3.63) is 60.8 Å². The fraction of sp³-hybridized carbons (Fsp3) is 0.500. The van der Waals surface area contributed by atoms with E-state index >= 15 is 0 Å². The van der Waals surface area contributed by atoms with Crippen molar-refractivity contribution in [2.45, 2.75) is 64.9 Å². The lowest BCUT2D eigenvalue weighted by Gasteiger charge is -2.23. The molecule has 2 N–H and O–H groups in total. The summed E-state index contributed by atoms with van der Waals surface area (Å²) < 4.78 is 0. The molecule has 3 nitrogen and oxygen atoms in total. The molecule has 25 heavy (non-hydrogen) atoms. The van der Waals surface area contributed by atoms with Gasteiger partial charge in [0.25, 0.3) is 0 Å². The predicted molar refractivity (Wildman–Crippen MR) is 108 cm³/mol. The molecule has 0 saturated heterocycles. The number of allylic oxidation sites excluding steroid dienone is 9. The van der Waals surface area contributed by atoms with Crippen LogP contribution in [0.25, 0.3) is 0 Å². The molecule has 0 aliphatic carbocycles. The van der Waals surface area contributed by atoms with Gasteiger partial charge in [0.2, 0.25) is 5.91 Å². The molecule has 0 bridgehead atoms. The number of hydrogen-bond acceptors (Lipinski definition) is 2. The first-order chi connectivity index (χ1) is 12.0. The molecule has 1 unspecified atom stereocenters. The number of carbonyl (C=O) groups is 1. The van der Waals surface area contributed by atoms with Gasteiger partial charge >= 0.3 is 0 Å². The second-order valence-corrected chi connectivity index (χ2v) is 6.38. The first-order valence-electron chi connectivity index (χ1n) is 9.29. The van der Waals surface area contributed by atoms with Gasteiger partial charge in [0, 0.05) is 12.6 Å². The normalized spacial score (nSPS) is 15.2. The number of hydrogen-bond donors (Lipinski definition) is 2. The molecule has 0 aromatic carbocycles. The van der Waals surface area contributed by atoms with Crippen LogP contribution in [0.3, 0.4) is 0 Å². The average molecular weight is 346 g/mol. The number of nitrogens with one attached hydrogen (secondary N) is 1. The number of rotatable bonds is 13. The Bertz CT molecular complexity index is 482. The fourth-order valence-electron chi connectivity index (χ4n) is 2.11. The summed E-state index contributed by atoms with van der Waals surface area (Å²) in [5, 5.41) is 12.9. The Kier molecular flexibility index (Phi) is 14.5. The monoisotopic (exact) mass is 345 g/mol. The molecule has 0 aromatic rings. The van der Waals surface area contributed by atoms with Crippen molar-refractivity contribution in [3.8, 4) is 0 Å². The van der Waals surface area contributed by atoms with Gasteiger partial charge in [-0.15, -0.1) is 0 Å². The minimum absolute atomic E-state index is 0.182. The SMILES string of the molecule is CC=CC=CCCC=CC=CC=CC(=O)NCC(C)(O)CCCCC. The van der Waals surface area contributed by atoms with Crippen LogP contribution in [0.5, 0.6) is 0 Å². The van der Waals surface area contributed by atoms with Crippen LogP contribution < -0.4 is 5.32 Å². The van der Waals surface area contributed by atoms with Gasteiger partial charge in [-0.2, -0.15) is 0 Å². The molecule has 0 rings (SSSR count). The second kappa shape index (κ2) is 15.6. The molecule has 0 radical (unpaired) electrons. The van der Waals surface area contributed by atoms with E-state index in [1.807, 2.05) is 43.4 Å². The zero-order valence-corrected chi connectivity index (χ0v) is 16.1. The van der Waals surface area contributed by atoms with Crippen LogP contribution in [0.15, 0.2) is 60.8 Å². The topological polar surface area (TPSA) is 49.3 Å². The highest BCUT2D eigenvalue weighted by Crippen LogP contribution is 2.13. The highest BCUT2D eigenvalue weighted by molar-refractivity contribution is 5.87. The van der Waals surface area contributed by atoms with Crippen LogP contribution in [0, 0.1) is 0 Å². The Morgan fingerprint density at radius 3 is 2.28 bits per heavy atom. The third-order valence-corrected chi connectivity index (χ3v) is 3.62. The highest BCUT2D eigenvalue weighted by atomic mass is 16.3. The van der Waals surface area contributed by atoms with E-state index in [1.165, 1.54) is 6.08 Å². The van der Waals surface area contributed by atoms with Gasteiger partial charge in [-0.05, 0) is 33.1 Å². The zero-order chi connectivity index (χ0) is 18.8. The molecule has 0 saturated carbocycles. The molecule has 0 aliphatic rings. The summed E-state index contributed by atoms with van der Waals surface area (Å²) in [7, 11) is 0. The lowest BCUT2D eigenvalue weighted by Crippen LogP contribution is -2.40. The highest BCUT2D eigenvalue weighted by Gasteiger charge is 2.19. The Morgan fingerprint density at radius 1 is 1.00 bits per heavy atom. The molecule has 0 heterocycles. The fourth-order valence-corrected chi connectivity index (χ4v) is 2.11. The Hall–Kier alpha value is -1.87. The summed E-state index contributed by atoms with van der Waals surface area (Å²) in [5.74, 6) is -0.182. The van der Waals surface area contributed by atoms with E-state index in [4.69, 9.17) is 0 Å². The molecular formula is C22H35NO2. The molecule has 0 spiro atoms. The van der Waals surface area contributed by atoms with E-state index < -0.39 is 5.60 Å². The summed E-state index contributed by atoms with van der Waals surface area (Å²) in [4.78, 5) is 11.7. The average Bonchev–Trinajstić information content (AvgIpc) is 2.58. The van der Waals surface area contributed by atoms with E-state index in [9.17, 15) is 9.90 Å². The van der Waals surface area contributed by atoms with E-state index in [1.54, 1.807) is 13.0 Å². The third-order valence-electron chi connectivity index (χ3n) is 3.62. The molecule has 3 heteroatoms. The van der Waals surface area contributed by atoms with Crippen LogP contribution in [0.2, 0.25) is 0 Å². The van der Waals surface area contributed by atoms with Crippen molar-refractivity contribution in [1.82, 2.24) is 5.32 Å². The summed E-state index contributed by atoms with van der Waals surface area (Å²) in [6, 6.07) is 0. The molecule has 0 aliphatic heterocycles. The second-order valence-electron chi connectivity index (χ2n) is 6.38. The molecule has 0 fully saturated rings. The number of carbonyl (C=O) groups excluding carboxylic acids is 1. The van der Waals surface area contributed by atoms with Crippen molar-refractivity contribution >= 4 is 5.91 Å². The van der Waals surface area contributed by atoms with Crippen molar-refractivity contribution in [2.75, 3.05) is 6.54 Å². The quantitative estimate of drug-likeness (QED) is 0.280. The summed E-state index contributed by atoms with van der Waals surface area (Å²) in [6.45, 7) is 6.18. The smallest absolute Gasteiger partial charge is 0.244 e. The van der Waals surface area contributed by atoms with E-state index in [0.717, 1.165) is 32.1 Å². The first-order valence-corrected chi connectivity index (χ1v) is 9.29. The molecular weight excluding hydrogens is 310 g/mol. The van der Waals surface area contributed by atoms with Gasteiger partial charge in [-0.1, -0.05) is 80.9 Å². The van der Waals surface area contributed by atoms with Gasteiger partial charge in [-0.3, -0.25) is 4.79 Å². The van der Waals surface area contributed by atoms with Crippen molar-refractivity contribution < 1.29 is 9.90 Å². The van der Waals surface area contributed by atoms with Crippen LogP contribution in [-0.4, -0.2) is 23.2 Å². The Balaban J connectivity index is 3.91. The van der Waals surface area contributed by atoms with E-state index in [-0.39, 0.29) is 12.5 Å². The van der Waals surface area contributed by atoms with E-state index in [2.05, 4.69) is 24.4 Å². The van der Waals surface area contributed by atoms with Crippen LogP contribution >= 0.6 is 0 Å². The van der Waals surface area contributed by atoms with Crippen molar-refractivity contribution in [1.29, 1.82) is 0 Å². The summed E-state index contributed by atoms with van der Waals surface area (Å²) in [6.07, 6.45) is 25.1. The maximum atomic E-state index is 11.7. The first kappa shape index (κ1) is 23.1. The zero-order valence-electron chi connectivity index (χ0n) is 16.1. The van der Waals surface area contributed by atoms with Crippen LogP contribution in [0.4, 0.5) is 0 Å². The molecule has 1 atom stereocenters. The minimum atomic E-state index is -0.835. The Morgan fingerprint density at radius 2 is 1.64 bits per heavy atom. The lowest BCUT2D eigenvalue weighted by molar-refractivity contribution is -0.117. The van der Waals surface area contributed by atoms with Gasteiger partial charge in [0.15, 0.2) is 0 Å². The molecule has 1 amide bonds. The maximum Gasteiger partial charge on any atom is 0.244 e. The number of unbranched alkanes of at least 4 members (excludes halogenated alkanes) is 3. The summed E-state index contributed by atoms with van der Waals surface area (Å²) in [5.41, 5.74) is -0.835. The maximum absolute atomic E-state index is 11.7. The lowest BCUT2D eigenvalue weighted by atomic mass is 9.98. The van der Waals surface area contributed by atoms with Crippen LogP contribution in [0.1, 0.15) is 59.3 Å². The van der Waals surface area contributed by atoms with E-state index in [0.29, 0.717) is 6.42 Å². The molecule has 0 aromatic heterocycles.